The molecule has 1 aromatic heterocycles. The second kappa shape index (κ2) is 8.56. The zero-order chi connectivity index (χ0) is 17.6. The molecule has 1 aromatic carbocycles. The van der Waals surface area contributed by atoms with Gasteiger partial charge in [0, 0.05) is 24.2 Å². The summed E-state index contributed by atoms with van der Waals surface area (Å²) in [7, 11) is 0. The lowest BCUT2D eigenvalue weighted by Crippen LogP contribution is -2.40. The molecule has 136 valence electrons. The number of β-amino-alcohol motifs (C(OH)–C–C–N with tert-alkyl or cyclic N) is 1. The van der Waals surface area contributed by atoms with Gasteiger partial charge in [0.1, 0.15) is 5.82 Å². The Labute approximate surface area is 148 Å². The fourth-order valence-electron chi connectivity index (χ4n) is 3.47. The molecule has 1 aliphatic rings. The van der Waals surface area contributed by atoms with Gasteiger partial charge in [0.05, 0.1) is 18.0 Å². The highest BCUT2D eigenvalue weighted by atomic mass is 19.1. The molecule has 0 spiro atoms. The number of piperidine rings is 1. The molecule has 0 bridgehead atoms. The molecular formula is C19H27FN4O. The third-order valence-electron chi connectivity index (χ3n) is 4.83. The fraction of sp³-hybridized carbons (Fsp3) is 0.526. The van der Waals surface area contributed by atoms with Crippen LogP contribution in [0.15, 0.2) is 30.5 Å². The molecule has 1 fully saturated rings. The number of rotatable bonds is 7. The summed E-state index contributed by atoms with van der Waals surface area (Å²) < 4.78 is 13.1. The van der Waals surface area contributed by atoms with Crippen molar-refractivity contribution in [3.63, 3.8) is 0 Å². The van der Waals surface area contributed by atoms with E-state index in [4.69, 9.17) is 0 Å². The minimum Gasteiger partial charge on any atom is -0.392 e. The predicted octanol–water partition coefficient (Wildman–Crippen LogP) is 2.40. The van der Waals surface area contributed by atoms with Crippen LogP contribution in [0.2, 0.25) is 0 Å². The van der Waals surface area contributed by atoms with Crippen molar-refractivity contribution in [2.75, 3.05) is 26.2 Å². The van der Waals surface area contributed by atoms with Crippen molar-refractivity contribution in [3.8, 4) is 11.3 Å². The van der Waals surface area contributed by atoms with Crippen LogP contribution >= 0.6 is 0 Å². The molecule has 1 unspecified atom stereocenters. The minimum absolute atomic E-state index is 0.232. The number of likely N-dealkylation sites (tertiary alicyclic amines) is 1. The number of halogens is 1. The Hall–Kier alpha value is -1.76. The summed E-state index contributed by atoms with van der Waals surface area (Å²) in [5.74, 6) is 0.441. The number of aromatic amines is 1. The van der Waals surface area contributed by atoms with E-state index in [1.54, 1.807) is 12.1 Å². The summed E-state index contributed by atoms with van der Waals surface area (Å²) in [4.78, 5) is 2.34. The lowest BCUT2D eigenvalue weighted by atomic mass is 9.96. The van der Waals surface area contributed by atoms with Crippen molar-refractivity contribution < 1.29 is 9.50 Å². The number of aliphatic hydroxyl groups excluding tert-OH is 1. The van der Waals surface area contributed by atoms with E-state index in [0.717, 1.165) is 62.4 Å². The van der Waals surface area contributed by atoms with E-state index in [9.17, 15) is 9.50 Å². The summed E-state index contributed by atoms with van der Waals surface area (Å²) in [6.07, 6.45) is 3.91. The number of aromatic nitrogens is 2. The highest BCUT2D eigenvalue weighted by molar-refractivity contribution is 5.62. The Morgan fingerprint density at radius 1 is 1.32 bits per heavy atom. The number of aliphatic hydroxyl groups is 1. The molecule has 5 nitrogen and oxygen atoms in total. The number of hydrogen-bond donors (Lipinski definition) is 3. The number of H-pyrrole nitrogens is 1. The first-order chi connectivity index (χ1) is 12.1. The summed E-state index contributed by atoms with van der Waals surface area (Å²) in [6, 6.07) is 6.47. The highest BCUT2D eigenvalue weighted by Crippen LogP contribution is 2.22. The van der Waals surface area contributed by atoms with Crippen LogP contribution in [0.5, 0.6) is 0 Å². The normalized spacial score (nSPS) is 17.7. The van der Waals surface area contributed by atoms with Crippen molar-refractivity contribution in [2.24, 2.45) is 5.92 Å². The molecule has 1 saturated heterocycles. The Kier molecular flexibility index (Phi) is 6.18. The Morgan fingerprint density at radius 3 is 2.72 bits per heavy atom. The molecule has 3 N–H and O–H groups in total. The number of hydrogen-bond acceptors (Lipinski definition) is 4. The molecule has 2 heterocycles. The molecule has 0 saturated carbocycles. The van der Waals surface area contributed by atoms with E-state index in [2.05, 4.69) is 20.4 Å². The van der Waals surface area contributed by atoms with Crippen LogP contribution < -0.4 is 5.32 Å². The molecule has 2 aromatic rings. The van der Waals surface area contributed by atoms with Gasteiger partial charge in [-0.25, -0.2) is 4.39 Å². The Morgan fingerprint density at radius 2 is 2.04 bits per heavy atom. The molecule has 0 amide bonds. The van der Waals surface area contributed by atoms with Crippen molar-refractivity contribution in [3.05, 3.63) is 41.8 Å². The molecule has 0 radical (unpaired) electrons. The monoisotopic (exact) mass is 346 g/mol. The lowest BCUT2D eigenvalue weighted by Gasteiger charge is -2.32. The van der Waals surface area contributed by atoms with Gasteiger partial charge in [-0.3, -0.25) is 5.10 Å². The van der Waals surface area contributed by atoms with Crippen LogP contribution in [0, 0.1) is 11.7 Å². The van der Waals surface area contributed by atoms with Crippen LogP contribution in [-0.4, -0.2) is 52.5 Å². The van der Waals surface area contributed by atoms with Gasteiger partial charge < -0.3 is 15.3 Å². The molecule has 6 heteroatoms. The van der Waals surface area contributed by atoms with E-state index in [1.165, 1.54) is 12.1 Å². The summed E-state index contributed by atoms with van der Waals surface area (Å²) in [5.41, 5.74) is 2.99. The first-order valence-electron chi connectivity index (χ1n) is 9.01. The van der Waals surface area contributed by atoms with Gasteiger partial charge in [0.2, 0.25) is 0 Å². The smallest absolute Gasteiger partial charge is 0.123 e. The molecule has 25 heavy (non-hydrogen) atoms. The Bertz CT molecular complexity index is 648. The molecule has 1 atom stereocenters. The van der Waals surface area contributed by atoms with Gasteiger partial charge in [-0.1, -0.05) is 0 Å². The van der Waals surface area contributed by atoms with Crippen LogP contribution in [-0.2, 0) is 6.54 Å². The first-order valence-corrected chi connectivity index (χ1v) is 9.01. The van der Waals surface area contributed by atoms with Crippen molar-refractivity contribution in [2.45, 2.75) is 32.4 Å². The van der Waals surface area contributed by atoms with E-state index in [0.29, 0.717) is 5.92 Å². The van der Waals surface area contributed by atoms with E-state index in [-0.39, 0.29) is 11.9 Å². The van der Waals surface area contributed by atoms with Crippen LogP contribution in [0.3, 0.4) is 0 Å². The van der Waals surface area contributed by atoms with E-state index >= 15 is 0 Å². The third kappa shape index (κ3) is 5.11. The average Bonchev–Trinajstić information content (AvgIpc) is 3.05. The van der Waals surface area contributed by atoms with Gasteiger partial charge in [-0.15, -0.1) is 0 Å². The summed E-state index contributed by atoms with van der Waals surface area (Å²) in [5, 5.41) is 20.1. The molecule has 3 rings (SSSR count). The molecule has 1 aliphatic heterocycles. The maximum Gasteiger partial charge on any atom is 0.123 e. The van der Waals surface area contributed by atoms with Gasteiger partial charge in [0.25, 0.3) is 0 Å². The quantitative estimate of drug-likeness (QED) is 0.720. The fourth-order valence-corrected chi connectivity index (χ4v) is 3.47. The maximum atomic E-state index is 13.1. The largest absolute Gasteiger partial charge is 0.392 e. The van der Waals surface area contributed by atoms with Crippen molar-refractivity contribution >= 4 is 0 Å². The van der Waals surface area contributed by atoms with E-state index in [1.807, 2.05) is 13.1 Å². The van der Waals surface area contributed by atoms with Crippen molar-refractivity contribution in [1.29, 1.82) is 0 Å². The minimum atomic E-state index is -0.249. The van der Waals surface area contributed by atoms with Crippen LogP contribution in [0.1, 0.15) is 25.3 Å². The second-order valence-electron chi connectivity index (χ2n) is 7.00. The maximum absolute atomic E-state index is 13.1. The number of benzene rings is 1. The average molecular weight is 346 g/mol. The lowest BCUT2D eigenvalue weighted by molar-refractivity contribution is 0.0998. The van der Waals surface area contributed by atoms with E-state index < -0.39 is 0 Å². The van der Waals surface area contributed by atoms with Gasteiger partial charge in [-0.05, 0) is 69.6 Å². The zero-order valence-electron chi connectivity index (χ0n) is 14.7. The Balaban J connectivity index is 1.46. The standard InChI is InChI=1S/C19H27FN4O/c1-14(25)13-24-8-6-15(7-9-24)10-21-11-17-12-22-23-19(17)16-2-4-18(20)5-3-16/h2-5,12,14-15,21,25H,6-11,13H2,1H3,(H,22,23). The highest BCUT2D eigenvalue weighted by Gasteiger charge is 2.19. The zero-order valence-corrected chi connectivity index (χ0v) is 14.7. The predicted molar refractivity (Wildman–Crippen MR) is 96.5 cm³/mol. The van der Waals surface area contributed by atoms with Crippen LogP contribution in [0.25, 0.3) is 11.3 Å². The summed E-state index contributed by atoms with van der Waals surface area (Å²) >= 11 is 0. The van der Waals surface area contributed by atoms with Gasteiger partial charge >= 0.3 is 0 Å². The topological polar surface area (TPSA) is 64.2 Å². The van der Waals surface area contributed by atoms with Crippen molar-refractivity contribution in [1.82, 2.24) is 20.4 Å². The molecule has 0 aliphatic carbocycles. The SMILES string of the molecule is CC(O)CN1CCC(CNCc2cn[nH]c2-c2ccc(F)cc2)CC1. The summed E-state index contributed by atoms with van der Waals surface area (Å²) in [6.45, 7) is 6.47. The first kappa shape index (κ1) is 18.0. The second-order valence-corrected chi connectivity index (χ2v) is 7.00. The van der Waals surface area contributed by atoms with Crippen LogP contribution in [0.4, 0.5) is 4.39 Å². The number of nitrogens with zero attached hydrogens (tertiary/aromatic N) is 2. The number of nitrogens with one attached hydrogen (secondary N) is 2. The van der Waals surface area contributed by atoms with Gasteiger partial charge in [0.15, 0.2) is 0 Å². The van der Waals surface area contributed by atoms with Gasteiger partial charge in [-0.2, -0.15) is 5.10 Å². The third-order valence-corrected chi connectivity index (χ3v) is 4.83. The molecular weight excluding hydrogens is 319 g/mol.